The van der Waals surface area contributed by atoms with Crippen LogP contribution in [0, 0.1) is 0 Å². The molecule has 0 saturated heterocycles. The molecular weight excluding hydrogens is 230 g/mol. The van der Waals surface area contributed by atoms with Crippen molar-refractivity contribution in [1.29, 1.82) is 0 Å². The minimum Gasteiger partial charge on any atom is -0.384 e. The van der Waals surface area contributed by atoms with E-state index in [-0.39, 0.29) is 0 Å². The van der Waals surface area contributed by atoms with Gasteiger partial charge in [0.25, 0.3) is 0 Å². The summed E-state index contributed by atoms with van der Waals surface area (Å²) in [6.45, 7) is 4.19. The van der Waals surface area contributed by atoms with Crippen molar-refractivity contribution in [3.05, 3.63) is 18.5 Å². The van der Waals surface area contributed by atoms with Gasteiger partial charge in [-0.15, -0.1) is 0 Å². The third kappa shape index (κ3) is 6.41. The summed E-state index contributed by atoms with van der Waals surface area (Å²) in [4.78, 5) is 4.22. The van der Waals surface area contributed by atoms with Crippen molar-refractivity contribution >= 4 is 23.1 Å². The van der Waals surface area contributed by atoms with Crippen LogP contribution >= 0.6 is 11.8 Å². The summed E-state index contributed by atoms with van der Waals surface area (Å²) in [6, 6.07) is 2.12. The molecule has 0 spiro atoms. The van der Waals surface area contributed by atoms with E-state index < -0.39 is 0 Å². The summed E-state index contributed by atoms with van der Waals surface area (Å²) in [5, 5.41) is 6.75. The normalized spacial score (nSPS) is 10.2. The third-order valence-corrected chi connectivity index (χ3v) is 3.12. The highest BCUT2D eigenvalue weighted by Gasteiger charge is 1.95. The molecule has 0 radical (unpaired) electrons. The molecule has 96 valence electrons. The first-order chi connectivity index (χ1) is 8.36. The minimum atomic E-state index is 0.999. The largest absolute Gasteiger partial charge is 0.384 e. The molecule has 0 fully saturated rings. The van der Waals surface area contributed by atoms with E-state index >= 15 is 0 Å². The van der Waals surface area contributed by atoms with E-state index in [4.69, 9.17) is 0 Å². The molecule has 3 nitrogen and oxygen atoms in total. The molecule has 1 aromatic heterocycles. The Balaban J connectivity index is 2.27. The van der Waals surface area contributed by atoms with E-state index in [0.717, 1.165) is 30.9 Å². The first-order valence-corrected chi connectivity index (χ1v) is 7.68. The predicted octanol–water partition coefficient (Wildman–Crippen LogP) is 3.46. The molecule has 0 saturated carbocycles. The van der Waals surface area contributed by atoms with Gasteiger partial charge in [0.15, 0.2) is 0 Å². The average molecular weight is 253 g/mol. The molecule has 0 aromatic carbocycles. The Morgan fingerprint density at radius 2 is 1.82 bits per heavy atom. The maximum Gasteiger partial charge on any atom is 0.0547 e. The van der Waals surface area contributed by atoms with Crippen LogP contribution in [0.25, 0.3) is 0 Å². The molecule has 0 amide bonds. The van der Waals surface area contributed by atoms with E-state index in [1.807, 2.05) is 24.2 Å². The lowest BCUT2D eigenvalue weighted by Crippen LogP contribution is -2.04. The molecule has 17 heavy (non-hydrogen) atoms. The highest BCUT2D eigenvalue weighted by atomic mass is 32.2. The van der Waals surface area contributed by atoms with Crippen molar-refractivity contribution in [1.82, 2.24) is 4.98 Å². The van der Waals surface area contributed by atoms with Crippen LogP contribution in [0.2, 0.25) is 0 Å². The fraction of sp³-hybridized carbons (Fsp3) is 0.615. The van der Waals surface area contributed by atoms with Crippen LogP contribution < -0.4 is 10.6 Å². The van der Waals surface area contributed by atoms with Gasteiger partial charge in [-0.3, -0.25) is 4.98 Å². The first kappa shape index (κ1) is 14.2. The number of hydrogen-bond acceptors (Lipinski definition) is 4. The molecule has 0 unspecified atom stereocenters. The summed E-state index contributed by atoms with van der Waals surface area (Å²) in [6.07, 6.45) is 9.52. The van der Waals surface area contributed by atoms with E-state index in [2.05, 4.69) is 34.9 Å². The van der Waals surface area contributed by atoms with Crippen LogP contribution in [0.5, 0.6) is 0 Å². The van der Waals surface area contributed by atoms with E-state index in [1.54, 1.807) is 0 Å². The molecule has 2 N–H and O–H groups in total. The molecule has 1 heterocycles. The van der Waals surface area contributed by atoms with E-state index in [0.29, 0.717) is 0 Å². The zero-order chi connectivity index (χ0) is 12.3. The Morgan fingerprint density at radius 1 is 1.12 bits per heavy atom. The fourth-order valence-corrected chi connectivity index (χ4v) is 2.00. The maximum absolute atomic E-state index is 4.22. The number of aromatic nitrogens is 1. The molecular formula is C13H23N3S. The summed E-state index contributed by atoms with van der Waals surface area (Å²) in [5.74, 6) is 1.25. The molecule has 0 bridgehead atoms. The first-order valence-electron chi connectivity index (χ1n) is 6.28. The second-order valence-corrected chi connectivity index (χ2v) is 5.00. The molecule has 1 aromatic rings. The van der Waals surface area contributed by atoms with Gasteiger partial charge in [0.1, 0.15) is 0 Å². The van der Waals surface area contributed by atoms with Gasteiger partial charge in [-0.2, -0.15) is 11.8 Å². The smallest absolute Gasteiger partial charge is 0.0547 e. The lowest BCUT2D eigenvalue weighted by molar-refractivity contribution is 0.843. The van der Waals surface area contributed by atoms with Gasteiger partial charge in [-0.05, 0) is 37.3 Å². The van der Waals surface area contributed by atoms with Gasteiger partial charge >= 0.3 is 0 Å². The number of rotatable bonds is 9. The minimum absolute atomic E-state index is 0.999. The Labute approximate surface area is 109 Å². The van der Waals surface area contributed by atoms with Crippen molar-refractivity contribution < 1.29 is 0 Å². The molecule has 0 aliphatic carbocycles. The van der Waals surface area contributed by atoms with E-state index in [1.165, 1.54) is 18.6 Å². The van der Waals surface area contributed by atoms with Gasteiger partial charge in [0.05, 0.1) is 23.8 Å². The number of hydrogen-bond donors (Lipinski definition) is 2. The lowest BCUT2D eigenvalue weighted by atomic mass is 10.3. The van der Waals surface area contributed by atoms with Crippen LogP contribution in [0.1, 0.15) is 26.2 Å². The number of nitrogens with zero attached hydrogens (tertiary/aromatic N) is 1. The average Bonchev–Trinajstić information content (AvgIpc) is 2.37. The van der Waals surface area contributed by atoms with Crippen molar-refractivity contribution in [2.75, 3.05) is 35.7 Å². The SMILES string of the molecule is CCCNc1cncc(NCCCCSC)c1. The second-order valence-electron chi connectivity index (χ2n) is 4.02. The summed E-state index contributed by atoms with van der Waals surface area (Å²) >= 11 is 1.91. The van der Waals surface area contributed by atoms with Crippen molar-refractivity contribution in [3.8, 4) is 0 Å². The standard InChI is InChI=1S/C13H23N3S/c1-3-6-15-12-9-13(11-14-10-12)16-7-4-5-8-17-2/h9-11,15-16H,3-8H2,1-2H3. The third-order valence-electron chi connectivity index (χ3n) is 2.42. The van der Waals surface area contributed by atoms with Crippen molar-refractivity contribution in [3.63, 3.8) is 0 Å². The van der Waals surface area contributed by atoms with Crippen LogP contribution in [0.15, 0.2) is 18.5 Å². The Hall–Kier alpha value is -0.900. The second kappa shape index (κ2) is 9.16. The highest BCUT2D eigenvalue weighted by Crippen LogP contribution is 2.13. The summed E-state index contributed by atoms with van der Waals surface area (Å²) in [5.41, 5.74) is 2.20. The Bertz CT molecular complexity index is 304. The van der Waals surface area contributed by atoms with Crippen LogP contribution in [-0.2, 0) is 0 Å². The monoisotopic (exact) mass is 253 g/mol. The number of anilines is 2. The van der Waals surface area contributed by atoms with Gasteiger partial charge < -0.3 is 10.6 Å². The van der Waals surface area contributed by atoms with Crippen LogP contribution in [0.3, 0.4) is 0 Å². The van der Waals surface area contributed by atoms with E-state index in [9.17, 15) is 0 Å². The molecule has 0 aliphatic rings. The zero-order valence-corrected chi connectivity index (χ0v) is 11.6. The van der Waals surface area contributed by atoms with Crippen LogP contribution in [0.4, 0.5) is 11.4 Å². The van der Waals surface area contributed by atoms with Crippen molar-refractivity contribution in [2.24, 2.45) is 0 Å². The lowest BCUT2D eigenvalue weighted by Gasteiger charge is -2.08. The number of thioether (sulfide) groups is 1. The molecule has 4 heteroatoms. The summed E-state index contributed by atoms with van der Waals surface area (Å²) < 4.78 is 0. The molecule has 0 aliphatic heterocycles. The zero-order valence-electron chi connectivity index (χ0n) is 10.8. The summed E-state index contributed by atoms with van der Waals surface area (Å²) in [7, 11) is 0. The van der Waals surface area contributed by atoms with Gasteiger partial charge in [0.2, 0.25) is 0 Å². The van der Waals surface area contributed by atoms with Gasteiger partial charge in [0, 0.05) is 13.1 Å². The Kier molecular flexibility index (Phi) is 7.63. The van der Waals surface area contributed by atoms with Crippen molar-refractivity contribution in [2.45, 2.75) is 26.2 Å². The van der Waals surface area contributed by atoms with Gasteiger partial charge in [-0.1, -0.05) is 6.92 Å². The number of nitrogens with one attached hydrogen (secondary N) is 2. The quantitative estimate of drug-likeness (QED) is 0.661. The number of pyridine rings is 1. The molecule has 0 atom stereocenters. The van der Waals surface area contributed by atoms with Crippen LogP contribution in [-0.4, -0.2) is 30.1 Å². The predicted molar refractivity (Wildman–Crippen MR) is 79.1 cm³/mol. The maximum atomic E-state index is 4.22. The Morgan fingerprint density at radius 3 is 2.47 bits per heavy atom. The number of unbranched alkanes of at least 4 members (excludes halogenated alkanes) is 1. The topological polar surface area (TPSA) is 37.0 Å². The molecule has 1 rings (SSSR count). The van der Waals surface area contributed by atoms with Gasteiger partial charge in [-0.25, -0.2) is 0 Å². The highest BCUT2D eigenvalue weighted by molar-refractivity contribution is 7.98. The fourth-order valence-electron chi connectivity index (χ4n) is 1.51.